The van der Waals surface area contributed by atoms with Crippen LogP contribution in [0.3, 0.4) is 0 Å². The molecule has 124 valence electrons. The highest BCUT2D eigenvalue weighted by Crippen LogP contribution is 2.32. The van der Waals surface area contributed by atoms with Gasteiger partial charge in [-0.2, -0.15) is 0 Å². The Balaban J connectivity index is 1.57. The number of aryl methyl sites for hydroxylation is 2. The Bertz CT molecular complexity index is 897. The summed E-state index contributed by atoms with van der Waals surface area (Å²) < 4.78 is 3.02. The summed E-state index contributed by atoms with van der Waals surface area (Å²) in [7, 11) is 1.87. The number of hydrogen-bond acceptors (Lipinski definition) is 5. The van der Waals surface area contributed by atoms with Crippen LogP contribution in [0.15, 0.2) is 30.6 Å². The van der Waals surface area contributed by atoms with Crippen LogP contribution in [-0.2, 0) is 7.05 Å². The summed E-state index contributed by atoms with van der Waals surface area (Å²) in [6.07, 6.45) is 5.44. The molecule has 6 heteroatoms. The van der Waals surface area contributed by atoms with Crippen LogP contribution in [0.5, 0.6) is 0 Å². The maximum atomic E-state index is 12.7. The predicted molar refractivity (Wildman–Crippen MR) is 96.8 cm³/mol. The molecule has 2 aromatic heterocycles. The summed E-state index contributed by atoms with van der Waals surface area (Å²) in [4.78, 5) is 24.0. The van der Waals surface area contributed by atoms with Gasteiger partial charge in [0.2, 0.25) is 5.78 Å². The molecule has 1 aliphatic rings. The summed E-state index contributed by atoms with van der Waals surface area (Å²) in [6, 6.07) is 6.34. The van der Waals surface area contributed by atoms with Gasteiger partial charge in [0.05, 0.1) is 10.2 Å². The van der Waals surface area contributed by atoms with Gasteiger partial charge in [-0.25, -0.2) is 9.97 Å². The van der Waals surface area contributed by atoms with E-state index in [4.69, 9.17) is 4.98 Å². The third kappa shape index (κ3) is 2.71. The summed E-state index contributed by atoms with van der Waals surface area (Å²) in [5.74, 6) is 0.694. The minimum absolute atomic E-state index is 0.00593. The van der Waals surface area contributed by atoms with Crippen molar-refractivity contribution in [2.45, 2.75) is 19.8 Å². The number of rotatable bonds is 3. The van der Waals surface area contributed by atoms with Crippen LogP contribution in [0.4, 0.5) is 5.13 Å². The first kappa shape index (κ1) is 15.3. The number of imidazole rings is 1. The first-order valence-electron chi connectivity index (χ1n) is 8.25. The molecule has 3 aromatic rings. The fourth-order valence-electron chi connectivity index (χ4n) is 3.31. The summed E-state index contributed by atoms with van der Waals surface area (Å²) in [6.45, 7) is 3.79. The van der Waals surface area contributed by atoms with Gasteiger partial charge in [-0.1, -0.05) is 17.4 Å². The molecule has 1 fully saturated rings. The number of hydrogen-bond donors (Lipinski definition) is 0. The van der Waals surface area contributed by atoms with Gasteiger partial charge >= 0.3 is 0 Å². The lowest BCUT2D eigenvalue weighted by Gasteiger charge is -2.31. The van der Waals surface area contributed by atoms with Crippen molar-refractivity contribution in [3.8, 4) is 0 Å². The van der Waals surface area contributed by atoms with E-state index in [1.807, 2.05) is 17.8 Å². The number of Topliss-reactive ketones (excluding diaryl/α,β-unsaturated/α-hetero) is 1. The number of carbonyl (C=O) groups excluding carboxylic acids is 1. The van der Waals surface area contributed by atoms with Gasteiger partial charge in [0, 0.05) is 38.4 Å². The number of ketones is 1. The van der Waals surface area contributed by atoms with E-state index in [1.54, 1.807) is 17.5 Å². The van der Waals surface area contributed by atoms with Crippen molar-refractivity contribution in [1.29, 1.82) is 0 Å². The van der Waals surface area contributed by atoms with Crippen LogP contribution in [0.2, 0.25) is 0 Å². The molecular formula is C18H20N4OS. The Labute approximate surface area is 145 Å². The van der Waals surface area contributed by atoms with E-state index in [0.717, 1.165) is 36.6 Å². The fraction of sp³-hybridized carbons (Fsp3) is 0.389. The van der Waals surface area contributed by atoms with Crippen molar-refractivity contribution in [1.82, 2.24) is 14.5 Å². The lowest BCUT2D eigenvalue weighted by atomic mass is 9.93. The van der Waals surface area contributed by atoms with Crippen molar-refractivity contribution in [3.63, 3.8) is 0 Å². The maximum absolute atomic E-state index is 12.7. The molecule has 0 bridgehead atoms. The molecule has 4 rings (SSSR count). The number of nitrogens with zero attached hydrogens (tertiary/aromatic N) is 4. The van der Waals surface area contributed by atoms with Crippen LogP contribution in [0, 0.1) is 12.8 Å². The molecule has 5 nitrogen and oxygen atoms in total. The van der Waals surface area contributed by atoms with E-state index in [9.17, 15) is 4.79 Å². The van der Waals surface area contributed by atoms with Crippen molar-refractivity contribution in [3.05, 3.63) is 42.0 Å². The highest BCUT2D eigenvalue weighted by atomic mass is 32.1. The Morgan fingerprint density at radius 1 is 1.38 bits per heavy atom. The Kier molecular flexibility index (Phi) is 3.84. The van der Waals surface area contributed by atoms with Crippen LogP contribution in [-0.4, -0.2) is 33.4 Å². The van der Waals surface area contributed by atoms with Crippen molar-refractivity contribution in [2.24, 2.45) is 13.0 Å². The molecule has 0 aliphatic carbocycles. The van der Waals surface area contributed by atoms with Gasteiger partial charge in [-0.3, -0.25) is 4.79 Å². The molecule has 0 amide bonds. The lowest BCUT2D eigenvalue weighted by molar-refractivity contribution is 0.0893. The number of thiazole rings is 1. The SMILES string of the molecule is Cc1ccc2nc(N3CCC[C@H](C(=O)c4nccn4C)C3)sc2c1. The van der Waals surface area contributed by atoms with Crippen LogP contribution >= 0.6 is 11.3 Å². The van der Waals surface area contributed by atoms with E-state index >= 15 is 0 Å². The molecule has 1 aliphatic heterocycles. The second kappa shape index (κ2) is 6.02. The molecule has 1 atom stereocenters. The van der Waals surface area contributed by atoms with Crippen molar-refractivity contribution < 1.29 is 4.79 Å². The zero-order chi connectivity index (χ0) is 16.7. The first-order valence-corrected chi connectivity index (χ1v) is 9.07. The maximum Gasteiger partial charge on any atom is 0.203 e. The number of aromatic nitrogens is 3. The molecule has 24 heavy (non-hydrogen) atoms. The largest absolute Gasteiger partial charge is 0.347 e. The lowest BCUT2D eigenvalue weighted by Crippen LogP contribution is -2.39. The second-order valence-electron chi connectivity index (χ2n) is 6.48. The standard InChI is InChI=1S/C18H20N4OS/c1-12-5-6-14-15(10-12)24-18(20-14)22-8-3-4-13(11-22)16(23)17-19-7-9-21(17)2/h5-7,9-10,13H,3-4,8,11H2,1-2H3/t13-/m0/s1. The topological polar surface area (TPSA) is 51.0 Å². The highest BCUT2D eigenvalue weighted by molar-refractivity contribution is 7.22. The minimum atomic E-state index is -0.00593. The van der Waals surface area contributed by atoms with Crippen LogP contribution in [0.1, 0.15) is 29.0 Å². The van der Waals surface area contributed by atoms with Gasteiger partial charge in [0.25, 0.3) is 0 Å². The predicted octanol–water partition coefficient (Wildman–Crippen LogP) is 3.44. The van der Waals surface area contributed by atoms with E-state index in [0.29, 0.717) is 5.82 Å². The van der Waals surface area contributed by atoms with Gasteiger partial charge in [-0.15, -0.1) is 0 Å². The third-order valence-electron chi connectivity index (χ3n) is 4.64. The highest BCUT2D eigenvalue weighted by Gasteiger charge is 2.29. The number of anilines is 1. The Morgan fingerprint density at radius 3 is 3.04 bits per heavy atom. The van der Waals surface area contributed by atoms with Crippen LogP contribution < -0.4 is 4.90 Å². The number of piperidine rings is 1. The van der Waals surface area contributed by atoms with Crippen molar-refractivity contribution in [2.75, 3.05) is 18.0 Å². The first-order chi connectivity index (χ1) is 11.6. The average molecular weight is 340 g/mol. The van der Waals surface area contributed by atoms with Crippen LogP contribution in [0.25, 0.3) is 10.2 Å². The molecular weight excluding hydrogens is 320 g/mol. The molecule has 0 saturated carbocycles. The van der Waals surface area contributed by atoms with E-state index in [2.05, 4.69) is 35.0 Å². The molecule has 0 N–H and O–H groups in total. The molecule has 0 radical (unpaired) electrons. The molecule has 3 heterocycles. The summed E-state index contributed by atoms with van der Waals surface area (Å²) >= 11 is 1.72. The van der Waals surface area contributed by atoms with Gasteiger partial charge < -0.3 is 9.47 Å². The van der Waals surface area contributed by atoms with E-state index in [-0.39, 0.29) is 11.7 Å². The van der Waals surface area contributed by atoms with E-state index < -0.39 is 0 Å². The molecule has 0 spiro atoms. The second-order valence-corrected chi connectivity index (χ2v) is 7.49. The smallest absolute Gasteiger partial charge is 0.203 e. The number of fused-ring (bicyclic) bond motifs is 1. The Morgan fingerprint density at radius 2 is 2.25 bits per heavy atom. The normalized spacial score (nSPS) is 18.2. The van der Waals surface area contributed by atoms with Crippen molar-refractivity contribution >= 4 is 32.5 Å². The monoisotopic (exact) mass is 340 g/mol. The zero-order valence-electron chi connectivity index (χ0n) is 13.9. The average Bonchev–Trinajstić information content (AvgIpc) is 3.20. The van der Waals surface area contributed by atoms with Gasteiger partial charge in [0.15, 0.2) is 11.0 Å². The Hall–Kier alpha value is -2.21. The van der Waals surface area contributed by atoms with Gasteiger partial charge in [-0.05, 0) is 37.5 Å². The van der Waals surface area contributed by atoms with E-state index in [1.165, 1.54) is 10.3 Å². The minimum Gasteiger partial charge on any atom is -0.347 e. The zero-order valence-corrected chi connectivity index (χ0v) is 14.7. The summed E-state index contributed by atoms with van der Waals surface area (Å²) in [5, 5.41) is 1.02. The molecule has 1 aromatic carbocycles. The van der Waals surface area contributed by atoms with Gasteiger partial charge in [0.1, 0.15) is 0 Å². The number of benzene rings is 1. The fourth-order valence-corrected chi connectivity index (χ4v) is 4.40. The third-order valence-corrected chi connectivity index (χ3v) is 5.72. The number of carbonyl (C=O) groups is 1. The molecule has 1 saturated heterocycles. The quantitative estimate of drug-likeness (QED) is 0.685. The molecule has 0 unspecified atom stereocenters. The summed E-state index contributed by atoms with van der Waals surface area (Å²) in [5.41, 5.74) is 2.29.